The molecule has 190 valence electrons. The molecule has 3 aromatic carbocycles. The van der Waals surface area contributed by atoms with E-state index in [1.54, 1.807) is 6.20 Å². The first-order valence-corrected chi connectivity index (χ1v) is 13.0. The van der Waals surface area contributed by atoms with E-state index in [-0.39, 0.29) is 12.1 Å². The zero-order valence-corrected chi connectivity index (χ0v) is 22.0. The fraction of sp³-hybridized carbons (Fsp3) is 0.200. The topological polar surface area (TPSA) is 93.5 Å². The van der Waals surface area contributed by atoms with Crippen molar-refractivity contribution in [2.45, 2.75) is 32.4 Å². The van der Waals surface area contributed by atoms with Crippen molar-refractivity contribution in [3.8, 4) is 6.07 Å². The van der Waals surface area contributed by atoms with E-state index in [0.717, 1.165) is 45.5 Å². The van der Waals surface area contributed by atoms with Gasteiger partial charge in [-0.2, -0.15) is 5.26 Å². The number of aromatic amines is 1. The monoisotopic (exact) mass is 521 g/mol. The largest absolute Gasteiger partial charge is 0.377 e. The van der Waals surface area contributed by atoms with Crippen molar-refractivity contribution in [2.75, 3.05) is 16.8 Å². The van der Waals surface area contributed by atoms with Crippen LogP contribution in [0.15, 0.2) is 85.2 Å². The number of H-pyrrole nitrogens is 1. The second-order valence-electron chi connectivity index (χ2n) is 8.99. The molecule has 0 aliphatic rings. The smallest absolute Gasteiger partial charge is 0.109 e. The Hall–Kier alpha value is -4.41. The van der Waals surface area contributed by atoms with Crippen LogP contribution in [0, 0.1) is 11.3 Å². The fourth-order valence-electron chi connectivity index (χ4n) is 4.97. The number of benzene rings is 3. The first kappa shape index (κ1) is 25.2. The van der Waals surface area contributed by atoms with E-state index in [1.165, 1.54) is 0 Å². The standard InChI is InChI=1S/C30H28ClN7/c1-3-25(20-11-7-5-8-12-20)35-28-22(17-32)18-33-29-24(28)15-23(31)16-27(29)38(4-2)30(26-19-34-37-36-26)21-13-9-6-10-14-21/h5-16,18-19,25,30H,3-4H2,1-2H3,(H,33,35)(H,34,36,37)/t25-,30?/m1/s1. The molecule has 0 fully saturated rings. The highest BCUT2D eigenvalue weighted by atomic mass is 35.5. The van der Waals surface area contributed by atoms with Crippen molar-refractivity contribution in [1.82, 2.24) is 20.4 Å². The van der Waals surface area contributed by atoms with Crippen LogP contribution < -0.4 is 10.2 Å². The van der Waals surface area contributed by atoms with Crippen LogP contribution >= 0.6 is 11.6 Å². The molecule has 0 saturated carbocycles. The van der Waals surface area contributed by atoms with Crippen molar-refractivity contribution in [2.24, 2.45) is 0 Å². The highest BCUT2D eigenvalue weighted by molar-refractivity contribution is 6.32. The fourth-order valence-corrected chi connectivity index (χ4v) is 5.18. The number of fused-ring (bicyclic) bond motifs is 1. The molecule has 2 heterocycles. The molecule has 5 aromatic rings. The molecule has 0 spiro atoms. The molecular weight excluding hydrogens is 494 g/mol. The highest BCUT2D eigenvalue weighted by Crippen LogP contribution is 2.40. The molecule has 38 heavy (non-hydrogen) atoms. The van der Waals surface area contributed by atoms with Gasteiger partial charge in [-0.05, 0) is 36.6 Å². The number of aromatic nitrogens is 4. The molecular formula is C30H28ClN7. The number of nitrogens with zero attached hydrogens (tertiary/aromatic N) is 5. The highest BCUT2D eigenvalue weighted by Gasteiger charge is 2.27. The Morgan fingerprint density at radius 1 is 1.03 bits per heavy atom. The summed E-state index contributed by atoms with van der Waals surface area (Å²) < 4.78 is 0. The maximum Gasteiger partial charge on any atom is 0.109 e. The predicted octanol–water partition coefficient (Wildman–Crippen LogP) is 7.06. The van der Waals surface area contributed by atoms with Gasteiger partial charge < -0.3 is 10.2 Å². The quantitative estimate of drug-likeness (QED) is 0.216. The minimum absolute atomic E-state index is 0.0193. The molecule has 5 rings (SSSR count). The summed E-state index contributed by atoms with van der Waals surface area (Å²) in [6.07, 6.45) is 4.30. The van der Waals surface area contributed by atoms with Gasteiger partial charge in [0.05, 0.1) is 28.5 Å². The van der Waals surface area contributed by atoms with Crippen LogP contribution in [0.25, 0.3) is 10.9 Å². The van der Waals surface area contributed by atoms with Gasteiger partial charge in [-0.1, -0.05) is 84.4 Å². The van der Waals surface area contributed by atoms with E-state index in [4.69, 9.17) is 16.6 Å². The maximum absolute atomic E-state index is 10.00. The third kappa shape index (κ3) is 4.91. The molecule has 0 radical (unpaired) electrons. The molecule has 0 saturated heterocycles. The number of nitrogens with one attached hydrogen (secondary N) is 2. The molecule has 0 aliphatic heterocycles. The number of pyridine rings is 1. The molecule has 8 heteroatoms. The first-order valence-electron chi connectivity index (χ1n) is 12.7. The Labute approximate surface area is 227 Å². The summed E-state index contributed by atoms with van der Waals surface area (Å²) in [6.45, 7) is 4.88. The van der Waals surface area contributed by atoms with Gasteiger partial charge in [0.15, 0.2) is 0 Å². The lowest BCUT2D eigenvalue weighted by Gasteiger charge is -2.33. The summed E-state index contributed by atoms with van der Waals surface area (Å²) in [5.74, 6) is 0. The molecule has 0 amide bonds. The van der Waals surface area contributed by atoms with Gasteiger partial charge in [-0.3, -0.25) is 10.1 Å². The van der Waals surface area contributed by atoms with Gasteiger partial charge in [0.1, 0.15) is 17.8 Å². The molecule has 7 nitrogen and oxygen atoms in total. The van der Waals surface area contributed by atoms with Gasteiger partial charge >= 0.3 is 0 Å². The van der Waals surface area contributed by atoms with Crippen LogP contribution in [0.5, 0.6) is 0 Å². The lowest BCUT2D eigenvalue weighted by atomic mass is 9.99. The van der Waals surface area contributed by atoms with Gasteiger partial charge in [0.25, 0.3) is 0 Å². The van der Waals surface area contributed by atoms with Crippen molar-refractivity contribution < 1.29 is 0 Å². The third-order valence-electron chi connectivity index (χ3n) is 6.76. The van der Waals surface area contributed by atoms with Gasteiger partial charge in [0.2, 0.25) is 0 Å². The van der Waals surface area contributed by atoms with Gasteiger partial charge in [-0.15, -0.1) is 5.10 Å². The van der Waals surface area contributed by atoms with E-state index in [2.05, 4.69) is 69.8 Å². The molecule has 2 atom stereocenters. The van der Waals surface area contributed by atoms with E-state index < -0.39 is 0 Å². The molecule has 2 N–H and O–H groups in total. The Morgan fingerprint density at radius 3 is 2.34 bits per heavy atom. The average Bonchev–Trinajstić information content (AvgIpc) is 3.49. The number of rotatable bonds is 9. The van der Waals surface area contributed by atoms with Crippen LogP contribution in [-0.2, 0) is 0 Å². The summed E-state index contributed by atoms with van der Waals surface area (Å²) in [5.41, 5.74) is 5.81. The van der Waals surface area contributed by atoms with Gasteiger partial charge in [-0.25, -0.2) is 0 Å². The van der Waals surface area contributed by atoms with Crippen LogP contribution in [0.3, 0.4) is 0 Å². The Kier molecular flexibility index (Phi) is 7.52. The van der Waals surface area contributed by atoms with Crippen molar-refractivity contribution >= 4 is 33.9 Å². The summed E-state index contributed by atoms with van der Waals surface area (Å²) in [6, 6.07) is 26.4. The summed E-state index contributed by atoms with van der Waals surface area (Å²) in [4.78, 5) is 7.00. The normalized spacial score (nSPS) is 12.6. The zero-order valence-electron chi connectivity index (χ0n) is 21.3. The van der Waals surface area contributed by atoms with Crippen LogP contribution in [-0.4, -0.2) is 26.9 Å². The molecule has 1 unspecified atom stereocenters. The Morgan fingerprint density at radius 2 is 1.74 bits per heavy atom. The Balaban J connectivity index is 1.69. The number of hydrogen-bond acceptors (Lipinski definition) is 6. The maximum atomic E-state index is 10.00. The lowest BCUT2D eigenvalue weighted by molar-refractivity contribution is 0.703. The minimum atomic E-state index is -0.219. The van der Waals surface area contributed by atoms with E-state index in [9.17, 15) is 5.26 Å². The molecule has 0 bridgehead atoms. The number of nitriles is 1. The molecule has 0 aliphatic carbocycles. The lowest BCUT2D eigenvalue weighted by Crippen LogP contribution is -2.30. The van der Waals surface area contributed by atoms with Crippen molar-refractivity contribution in [3.63, 3.8) is 0 Å². The average molecular weight is 522 g/mol. The Bertz CT molecular complexity index is 1550. The predicted molar refractivity (Wildman–Crippen MR) is 152 cm³/mol. The summed E-state index contributed by atoms with van der Waals surface area (Å²) in [5, 5.41) is 26.2. The van der Waals surface area contributed by atoms with E-state index in [0.29, 0.717) is 17.1 Å². The van der Waals surface area contributed by atoms with Crippen LogP contribution in [0.4, 0.5) is 11.4 Å². The zero-order chi connectivity index (χ0) is 26.5. The van der Waals surface area contributed by atoms with Crippen LogP contribution in [0.1, 0.15) is 54.7 Å². The number of hydrogen-bond donors (Lipinski definition) is 2. The van der Waals surface area contributed by atoms with Crippen molar-refractivity contribution in [3.05, 3.63) is 113 Å². The van der Waals surface area contributed by atoms with E-state index in [1.807, 2.05) is 54.7 Å². The second kappa shape index (κ2) is 11.3. The third-order valence-corrected chi connectivity index (χ3v) is 6.98. The summed E-state index contributed by atoms with van der Waals surface area (Å²) >= 11 is 6.76. The van der Waals surface area contributed by atoms with Crippen molar-refractivity contribution in [1.29, 1.82) is 5.26 Å². The number of anilines is 2. The first-order chi connectivity index (χ1) is 18.6. The van der Waals surface area contributed by atoms with E-state index >= 15 is 0 Å². The van der Waals surface area contributed by atoms with Gasteiger partial charge in [0, 0.05) is 29.3 Å². The van der Waals surface area contributed by atoms with Crippen LogP contribution in [0.2, 0.25) is 5.02 Å². The minimum Gasteiger partial charge on any atom is -0.377 e. The number of halogens is 1. The second-order valence-corrected chi connectivity index (χ2v) is 9.43. The molecule has 2 aromatic heterocycles. The SMILES string of the molecule is CC[C@@H](Nc1c(C#N)cnc2c(N(CC)C(c3ccccc3)c3c[nH]nn3)cc(Cl)cc12)c1ccccc1. The summed E-state index contributed by atoms with van der Waals surface area (Å²) in [7, 11) is 0.